The highest BCUT2D eigenvalue weighted by atomic mass is 16.5. The third-order valence-electron chi connectivity index (χ3n) is 3.63. The van der Waals surface area contributed by atoms with Gasteiger partial charge in [-0.25, -0.2) is 0 Å². The lowest BCUT2D eigenvalue weighted by Crippen LogP contribution is -2.53. The van der Waals surface area contributed by atoms with Crippen molar-refractivity contribution < 1.29 is 19.4 Å². The van der Waals surface area contributed by atoms with E-state index in [2.05, 4.69) is 0 Å². The maximum atomic E-state index is 12.3. The van der Waals surface area contributed by atoms with E-state index in [4.69, 9.17) is 10.5 Å². The fraction of sp³-hybridized carbons (Fsp3) is 0.467. The summed E-state index contributed by atoms with van der Waals surface area (Å²) < 4.78 is 5.27. The van der Waals surface area contributed by atoms with Crippen molar-refractivity contribution in [2.75, 3.05) is 38.2 Å². The first-order valence-electron chi connectivity index (χ1n) is 7.16. The van der Waals surface area contributed by atoms with Gasteiger partial charge in [0.25, 0.3) is 0 Å². The number of hydrogen-bond acceptors (Lipinski definition) is 5. The van der Waals surface area contributed by atoms with Crippen LogP contribution in [-0.4, -0.2) is 61.2 Å². The number of aliphatic hydroxyl groups is 1. The van der Waals surface area contributed by atoms with Gasteiger partial charge in [-0.1, -0.05) is 12.1 Å². The van der Waals surface area contributed by atoms with E-state index in [9.17, 15) is 14.7 Å². The van der Waals surface area contributed by atoms with Gasteiger partial charge in [-0.2, -0.15) is 0 Å². The predicted molar refractivity (Wildman–Crippen MR) is 81.6 cm³/mol. The number of piperazine rings is 1. The van der Waals surface area contributed by atoms with Crippen LogP contribution in [0, 0.1) is 0 Å². The molecular formula is C15H21N3O4. The van der Waals surface area contributed by atoms with Crippen LogP contribution in [0.5, 0.6) is 5.75 Å². The third-order valence-corrected chi connectivity index (χ3v) is 3.63. The van der Waals surface area contributed by atoms with Crippen LogP contribution in [0.15, 0.2) is 24.3 Å². The molecule has 1 atom stereocenters. The van der Waals surface area contributed by atoms with Crippen LogP contribution in [0.1, 0.15) is 6.42 Å². The molecule has 0 spiro atoms. The van der Waals surface area contributed by atoms with Crippen molar-refractivity contribution >= 4 is 17.5 Å². The number of hydrogen-bond donors (Lipinski definition) is 2. The average molecular weight is 307 g/mol. The van der Waals surface area contributed by atoms with E-state index >= 15 is 0 Å². The van der Waals surface area contributed by atoms with Gasteiger partial charge >= 0.3 is 0 Å². The van der Waals surface area contributed by atoms with Crippen molar-refractivity contribution in [2.24, 2.45) is 5.73 Å². The minimum absolute atomic E-state index is 0.00578. The van der Waals surface area contributed by atoms with Crippen molar-refractivity contribution in [1.82, 2.24) is 4.90 Å². The first kappa shape index (κ1) is 16.3. The molecule has 0 aliphatic carbocycles. The Kier molecular flexibility index (Phi) is 5.35. The molecule has 3 N–H and O–H groups in total. The van der Waals surface area contributed by atoms with Crippen LogP contribution in [0.4, 0.5) is 5.69 Å². The molecule has 1 aromatic rings. The van der Waals surface area contributed by atoms with E-state index in [-0.39, 0.29) is 31.3 Å². The standard InChI is InChI=1S/C15H21N3O4/c1-22-13-5-3-2-4-12(13)18-7-6-17(10-15(18)21)14(20)8-11(19)9-16/h2-5,11,19H,6-10,16H2,1H3/t11-/m1/s1. The zero-order valence-electron chi connectivity index (χ0n) is 12.6. The van der Waals surface area contributed by atoms with Gasteiger partial charge in [0.15, 0.2) is 0 Å². The highest BCUT2D eigenvalue weighted by molar-refractivity contribution is 5.99. The van der Waals surface area contributed by atoms with Crippen LogP contribution in [0.3, 0.4) is 0 Å². The number of anilines is 1. The number of benzene rings is 1. The number of para-hydroxylation sites is 2. The highest BCUT2D eigenvalue weighted by Gasteiger charge is 2.29. The van der Waals surface area contributed by atoms with E-state index in [1.54, 1.807) is 18.1 Å². The van der Waals surface area contributed by atoms with E-state index in [0.717, 1.165) is 0 Å². The number of rotatable bonds is 5. The Morgan fingerprint density at radius 1 is 1.41 bits per heavy atom. The number of carbonyl (C=O) groups excluding carboxylic acids is 2. The summed E-state index contributed by atoms with van der Waals surface area (Å²) >= 11 is 0. The van der Waals surface area contributed by atoms with Crippen molar-refractivity contribution in [1.29, 1.82) is 0 Å². The lowest BCUT2D eigenvalue weighted by atomic mass is 10.2. The van der Waals surface area contributed by atoms with Crippen molar-refractivity contribution in [3.05, 3.63) is 24.3 Å². The first-order valence-corrected chi connectivity index (χ1v) is 7.16. The topological polar surface area (TPSA) is 96.1 Å². The van der Waals surface area contributed by atoms with Gasteiger partial charge in [-0.15, -0.1) is 0 Å². The second-order valence-electron chi connectivity index (χ2n) is 5.13. The number of methoxy groups -OCH3 is 1. The first-order chi connectivity index (χ1) is 10.6. The Labute approximate surface area is 129 Å². The minimum atomic E-state index is -0.866. The molecule has 2 rings (SSSR count). The molecule has 7 heteroatoms. The van der Waals surface area contributed by atoms with E-state index < -0.39 is 6.10 Å². The smallest absolute Gasteiger partial charge is 0.246 e. The number of nitrogens with zero attached hydrogens (tertiary/aromatic N) is 2. The summed E-state index contributed by atoms with van der Waals surface area (Å²) in [6.07, 6.45) is -0.923. The number of amides is 2. The molecule has 0 aromatic heterocycles. The summed E-state index contributed by atoms with van der Waals surface area (Å²) in [5, 5.41) is 9.44. The Morgan fingerprint density at radius 2 is 2.14 bits per heavy atom. The van der Waals surface area contributed by atoms with Gasteiger partial charge in [0, 0.05) is 19.6 Å². The van der Waals surface area contributed by atoms with E-state index in [0.29, 0.717) is 24.5 Å². The molecule has 0 radical (unpaired) electrons. The summed E-state index contributed by atoms with van der Waals surface area (Å²) in [5.41, 5.74) is 6.00. The average Bonchev–Trinajstić information content (AvgIpc) is 2.54. The Morgan fingerprint density at radius 3 is 2.77 bits per heavy atom. The number of nitrogens with two attached hydrogens (primary N) is 1. The summed E-state index contributed by atoms with van der Waals surface area (Å²) in [6, 6.07) is 7.27. The molecule has 0 bridgehead atoms. The molecule has 120 valence electrons. The molecule has 1 aliphatic rings. The zero-order chi connectivity index (χ0) is 16.1. The molecule has 1 saturated heterocycles. The molecule has 1 aliphatic heterocycles. The molecule has 1 heterocycles. The van der Waals surface area contributed by atoms with Gasteiger partial charge < -0.3 is 25.4 Å². The zero-order valence-corrected chi connectivity index (χ0v) is 12.6. The van der Waals surface area contributed by atoms with E-state index in [1.165, 1.54) is 4.90 Å². The molecule has 0 unspecified atom stereocenters. The normalized spacial score (nSPS) is 16.6. The largest absolute Gasteiger partial charge is 0.495 e. The van der Waals surface area contributed by atoms with Crippen LogP contribution >= 0.6 is 0 Å². The Hall–Kier alpha value is -2.12. The maximum absolute atomic E-state index is 12.3. The number of aliphatic hydroxyl groups excluding tert-OH is 1. The fourth-order valence-corrected chi connectivity index (χ4v) is 2.41. The lowest BCUT2D eigenvalue weighted by molar-refractivity contribution is -0.138. The summed E-state index contributed by atoms with van der Waals surface area (Å²) in [7, 11) is 1.55. The van der Waals surface area contributed by atoms with Gasteiger partial charge in [0.05, 0.1) is 25.3 Å². The highest BCUT2D eigenvalue weighted by Crippen LogP contribution is 2.28. The molecule has 1 aromatic carbocycles. The second-order valence-corrected chi connectivity index (χ2v) is 5.13. The second kappa shape index (κ2) is 7.24. The predicted octanol–water partition coefficient (Wildman–Crippen LogP) is -0.420. The van der Waals surface area contributed by atoms with Crippen molar-refractivity contribution in [2.45, 2.75) is 12.5 Å². The summed E-state index contributed by atoms with van der Waals surface area (Å²) in [6.45, 7) is 0.832. The SMILES string of the molecule is COc1ccccc1N1CCN(C(=O)C[C@@H](O)CN)CC1=O. The lowest BCUT2D eigenvalue weighted by Gasteiger charge is -2.35. The molecule has 22 heavy (non-hydrogen) atoms. The monoisotopic (exact) mass is 307 g/mol. The van der Waals surface area contributed by atoms with Gasteiger partial charge in [-0.05, 0) is 12.1 Å². The van der Waals surface area contributed by atoms with Crippen LogP contribution in [0.25, 0.3) is 0 Å². The number of ether oxygens (including phenoxy) is 1. The Bertz CT molecular complexity index is 549. The molecule has 1 fully saturated rings. The van der Waals surface area contributed by atoms with E-state index in [1.807, 2.05) is 18.2 Å². The van der Waals surface area contributed by atoms with Crippen LogP contribution in [0.2, 0.25) is 0 Å². The fourth-order valence-electron chi connectivity index (χ4n) is 2.41. The summed E-state index contributed by atoms with van der Waals surface area (Å²) in [5.74, 6) is 0.187. The maximum Gasteiger partial charge on any atom is 0.246 e. The third kappa shape index (κ3) is 3.55. The molecule has 0 saturated carbocycles. The quantitative estimate of drug-likeness (QED) is 0.770. The van der Waals surface area contributed by atoms with Crippen molar-refractivity contribution in [3.8, 4) is 5.75 Å². The van der Waals surface area contributed by atoms with Gasteiger partial charge in [-0.3, -0.25) is 9.59 Å². The Balaban J connectivity index is 2.04. The van der Waals surface area contributed by atoms with Crippen LogP contribution < -0.4 is 15.4 Å². The van der Waals surface area contributed by atoms with Gasteiger partial charge in [0.2, 0.25) is 11.8 Å². The molecule has 2 amide bonds. The van der Waals surface area contributed by atoms with Crippen molar-refractivity contribution in [3.63, 3.8) is 0 Å². The minimum Gasteiger partial charge on any atom is -0.495 e. The summed E-state index contributed by atoms with van der Waals surface area (Å²) in [4.78, 5) is 27.4. The van der Waals surface area contributed by atoms with Gasteiger partial charge in [0.1, 0.15) is 12.3 Å². The molecule has 7 nitrogen and oxygen atoms in total. The number of carbonyl (C=O) groups is 2. The van der Waals surface area contributed by atoms with Crippen LogP contribution in [-0.2, 0) is 9.59 Å². The molecular weight excluding hydrogens is 286 g/mol.